The SMILES string of the molecule is Cc1cc2c3c(c1)C(=O)c1ccccc1B3c1ccccc1S2. The van der Waals surface area contributed by atoms with E-state index in [-0.39, 0.29) is 12.5 Å². The molecule has 2 aliphatic heterocycles. The molecule has 0 saturated heterocycles. The van der Waals surface area contributed by atoms with E-state index < -0.39 is 0 Å². The largest absolute Gasteiger partial charge is 0.289 e. The second-order valence-electron chi connectivity index (χ2n) is 6.21. The molecule has 3 heteroatoms. The summed E-state index contributed by atoms with van der Waals surface area (Å²) in [4.78, 5) is 15.5. The first-order chi connectivity index (χ1) is 11.2. The minimum Gasteiger partial charge on any atom is -0.289 e. The molecule has 0 bridgehead atoms. The van der Waals surface area contributed by atoms with E-state index in [1.54, 1.807) is 11.8 Å². The van der Waals surface area contributed by atoms with Crippen LogP contribution in [0.25, 0.3) is 0 Å². The highest BCUT2D eigenvalue weighted by atomic mass is 32.2. The lowest BCUT2D eigenvalue weighted by Gasteiger charge is -2.32. The summed E-state index contributed by atoms with van der Waals surface area (Å²) in [6, 6.07) is 20.9. The van der Waals surface area contributed by atoms with Crippen LogP contribution in [0, 0.1) is 6.92 Å². The van der Waals surface area contributed by atoms with Crippen LogP contribution in [0.3, 0.4) is 0 Å². The third-order valence-electron chi connectivity index (χ3n) is 4.79. The number of fused-ring (bicyclic) bond motifs is 4. The van der Waals surface area contributed by atoms with Gasteiger partial charge in [-0.25, -0.2) is 0 Å². The van der Waals surface area contributed by atoms with E-state index in [0.29, 0.717) is 0 Å². The molecule has 108 valence electrons. The zero-order chi connectivity index (χ0) is 15.6. The van der Waals surface area contributed by atoms with Gasteiger partial charge in [-0.2, -0.15) is 0 Å². The summed E-state index contributed by atoms with van der Waals surface area (Å²) in [5.41, 5.74) is 6.53. The highest BCUT2D eigenvalue weighted by Crippen LogP contribution is 2.33. The van der Waals surface area contributed by atoms with Crippen LogP contribution in [-0.2, 0) is 0 Å². The van der Waals surface area contributed by atoms with Crippen LogP contribution in [0.15, 0.2) is 70.5 Å². The molecule has 0 spiro atoms. The van der Waals surface area contributed by atoms with E-state index in [2.05, 4.69) is 49.4 Å². The molecule has 2 aliphatic rings. The molecule has 0 N–H and O–H groups in total. The van der Waals surface area contributed by atoms with Crippen LogP contribution >= 0.6 is 11.8 Å². The molecular formula is C20H13BOS. The molecule has 0 unspecified atom stereocenters. The molecule has 0 radical (unpaired) electrons. The predicted octanol–water partition coefficient (Wildman–Crippen LogP) is 2.52. The van der Waals surface area contributed by atoms with Crippen molar-refractivity contribution in [1.29, 1.82) is 0 Å². The number of hydrogen-bond acceptors (Lipinski definition) is 2. The molecule has 0 amide bonds. The average molecular weight is 312 g/mol. The number of ketones is 1. The molecular weight excluding hydrogens is 299 g/mol. The fourth-order valence-corrected chi connectivity index (χ4v) is 5.11. The van der Waals surface area contributed by atoms with Crippen LogP contribution in [0.5, 0.6) is 0 Å². The Labute approximate surface area is 139 Å². The zero-order valence-electron chi connectivity index (χ0n) is 12.7. The highest BCUT2D eigenvalue weighted by molar-refractivity contribution is 8.00. The molecule has 2 heterocycles. The number of rotatable bonds is 0. The van der Waals surface area contributed by atoms with E-state index in [1.807, 2.05) is 18.2 Å². The molecule has 3 aromatic rings. The van der Waals surface area contributed by atoms with Crippen molar-refractivity contribution < 1.29 is 4.79 Å². The first kappa shape index (κ1) is 13.2. The Bertz CT molecular complexity index is 993. The van der Waals surface area contributed by atoms with E-state index in [1.165, 1.54) is 20.7 Å². The van der Waals surface area contributed by atoms with Crippen LogP contribution in [0.4, 0.5) is 0 Å². The predicted molar refractivity (Wildman–Crippen MR) is 96.3 cm³/mol. The van der Waals surface area contributed by atoms with Gasteiger partial charge >= 0.3 is 0 Å². The molecule has 1 nitrogen and oxygen atoms in total. The summed E-state index contributed by atoms with van der Waals surface area (Å²) in [7, 11) is 0. The van der Waals surface area contributed by atoms with Crippen molar-refractivity contribution in [2.24, 2.45) is 0 Å². The van der Waals surface area contributed by atoms with Gasteiger partial charge in [0.15, 0.2) is 5.78 Å². The van der Waals surface area contributed by atoms with Crippen molar-refractivity contribution in [3.8, 4) is 0 Å². The van der Waals surface area contributed by atoms with E-state index in [4.69, 9.17) is 0 Å². The summed E-state index contributed by atoms with van der Waals surface area (Å²) < 4.78 is 0. The Hall–Kier alpha value is -2.26. The van der Waals surface area contributed by atoms with Crippen molar-refractivity contribution in [3.05, 3.63) is 77.4 Å². The van der Waals surface area contributed by atoms with Crippen molar-refractivity contribution >= 4 is 40.6 Å². The van der Waals surface area contributed by atoms with Crippen molar-refractivity contribution in [2.75, 3.05) is 0 Å². The summed E-state index contributed by atoms with van der Waals surface area (Å²) in [6.45, 7) is 2.24. The van der Waals surface area contributed by atoms with Crippen molar-refractivity contribution in [1.82, 2.24) is 0 Å². The second-order valence-corrected chi connectivity index (χ2v) is 7.30. The Balaban J connectivity index is 1.92. The van der Waals surface area contributed by atoms with Gasteiger partial charge in [-0.15, -0.1) is 0 Å². The number of hydrogen-bond donors (Lipinski definition) is 0. The van der Waals surface area contributed by atoms with Gasteiger partial charge in [0.2, 0.25) is 6.71 Å². The molecule has 23 heavy (non-hydrogen) atoms. The fourth-order valence-electron chi connectivity index (χ4n) is 3.84. The Morgan fingerprint density at radius 1 is 0.826 bits per heavy atom. The molecule has 0 saturated carbocycles. The van der Waals surface area contributed by atoms with E-state index in [9.17, 15) is 4.79 Å². The van der Waals surface area contributed by atoms with Crippen molar-refractivity contribution in [3.63, 3.8) is 0 Å². The third kappa shape index (κ3) is 1.74. The first-order valence-corrected chi connectivity index (χ1v) is 8.60. The van der Waals surface area contributed by atoms with Crippen LogP contribution in [0.1, 0.15) is 21.5 Å². The minimum absolute atomic E-state index is 0.164. The molecule has 3 aromatic carbocycles. The minimum atomic E-state index is 0.164. The van der Waals surface area contributed by atoms with Gasteiger partial charge in [0.1, 0.15) is 0 Å². The number of carbonyl (C=O) groups excluding carboxylic acids is 1. The van der Waals surface area contributed by atoms with Gasteiger partial charge in [-0.05, 0) is 36.1 Å². The lowest BCUT2D eigenvalue weighted by Crippen LogP contribution is -2.60. The second kappa shape index (κ2) is 4.62. The monoisotopic (exact) mass is 312 g/mol. The van der Waals surface area contributed by atoms with Gasteiger partial charge in [0, 0.05) is 20.9 Å². The quantitative estimate of drug-likeness (QED) is 0.409. The average Bonchev–Trinajstić information content (AvgIpc) is 2.58. The van der Waals surface area contributed by atoms with Crippen LogP contribution in [0.2, 0.25) is 0 Å². The molecule has 0 aliphatic carbocycles. The summed E-state index contributed by atoms with van der Waals surface area (Å²) in [6.07, 6.45) is 0. The van der Waals surface area contributed by atoms with Gasteiger partial charge in [0.05, 0.1) is 0 Å². The summed E-state index contributed by atoms with van der Waals surface area (Å²) >= 11 is 1.79. The maximum atomic E-state index is 13.0. The summed E-state index contributed by atoms with van der Waals surface area (Å²) in [5.74, 6) is 0.164. The molecule has 0 fully saturated rings. The lowest BCUT2D eigenvalue weighted by molar-refractivity contribution is 0.104. The first-order valence-electron chi connectivity index (χ1n) is 7.79. The maximum absolute atomic E-state index is 13.0. The Kier molecular flexibility index (Phi) is 2.65. The molecule has 5 rings (SSSR count). The normalized spacial score (nSPS) is 14.1. The van der Waals surface area contributed by atoms with Gasteiger partial charge in [-0.1, -0.05) is 65.2 Å². The number of benzene rings is 3. The maximum Gasteiger partial charge on any atom is 0.246 e. The van der Waals surface area contributed by atoms with Crippen LogP contribution < -0.4 is 16.4 Å². The van der Waals surface area contributed by atoms with Crippen molar-refractivity contribution in [2.45, 2.75) is 16.7 Å². The molecule has 0 atom stereocenters. The summed E-state index contributed by atoms with van der Waals surface area (Å²) in [5, 5.41) is 0. The van der Waals surface area contributed by atoms with E-state index >= 15 is 0 Å². The number of aryl methyl sites for hydroxylation is 1. The fraction of sp³-hybridized carbons (Fsp3) is 0.0500. The Morgan fingerprint density at radius 3 is 2.43 bits per heavy atom. The molecule has 0 aromatic heterocycles. The third-order valence-corrected chi connectivity index (χ3v) is 5.94. The van der Waals surface area contributed by atoms with Gasteiger partial charge in [0.25, 0.3) is 0 Å². The standard InChI is InChI=1S/C20H13BOS/c1-12-10-14-19-18(11-12)23-17-9-5-4-8-16(17)21(19)15-7-3-2-6-13(15)20(14)22/h2-11H,1H3. The zero-order valence-corrected chi connectivity index (χ0v) is 13.5. The Morgan fingerprint density at radius 2 is 1.57 bits per heavy atom. The topological polar surface area (TPSA) is 17.1 Å². The smallest absolute Gasteiger partial charge is 0.246 e. The van der Waals surface area contributed by atoms with E-state index in [0.717, 1.165) is 22.2 Å². The number of carbonyl (C=O) groups is 1. The van der Waals surface area contributed by atoms with Gasteiger partial charge in [-0.3, -0.25) is 4.79 Å². The van der Waals surface area contributed by atoms with Gasteiger partial charge < -0.3 is 0 Å². The van der Waals surface area contributed by atoms with Crippen LogP contribution in [-0.4, -0.2) is 12.5 Å². The highest BCUT2D eigenvalue weighted by Gasteiger charge is 2.40. The lowest BCUT2D eigenvalue weighted by atomic mass is 9.33.